The van der Waals surface area contributed by atoms with E-state index in [0.717, 1.165) is 19.5 Å². The van der Waals surface area contributed by atoms with Crippen molar-refractivity contribution in [3.8, 4) is 0 Å². The number of hydrogen-bond donors (Lipinski definition) is 2. The highest BCUT2D eigenvalue weighted by atomic mass is 32.2. The van der Waals surface area contributed by atoms with E-state index in [1.54, 1.807) is 0 Å². The lowest BCUT2D eigenvalue weighted by Gasteiger charge is -2.23. The maximum atomic E-state index is 11.5. The van der Waals surface area contributed by atoms with Gasteiger partial charge in [-0.2, -0.15) is 0 Å². The van der Waals surface area contributed by atoms with Crippen molar-refractivity contribution in [1.82, 2.24) is 10.6 Å². The summed E-state index contributed by atoms with van der Waals surface area (Å²) < 4.78 is 22.9. The molecule has 1 heterocycles. The Kier molecular flexibility index (Phi) is 8.66. The second-order valence-electron chi connectivity index (χ2n) is 5.57. The lowest BCUT2D eigenvalue weighted by atomic mass is 10.1. The van der Waals surface area contributed by atoms with E-state index in [0.29, 0.717) is 18.1 Å². The molecule has 0 spiro atoms. The molecule has 1 fully saturated rings. The Labute approximate surface area is 118 Å². The van der Waals surface area contributed by atoms with Gasteiger partial charge < -0.3 is 10.6 Å². The average Bonchev–Trinajstić information content (AvgIpc) is 2.36. The predicted octanol–water partition coefficient (Wildman–Crippen LogP) is 1.71. The standard InChI is InChI=1S/C14H30N2O2S/c1-2-3-4-5-6-7-9-15-10-8-14-13-19(17,18)12-11-16-14/h14-16H,2-13H2,1H3. The summed E-state index contributed by atoms with van der Waals surface area (Å²) in [7, 11) is -2.78. The van der Waals surface area contributed by atoms with E-state index >= 15 is 0 Å². The first-order valence-corrected chi connectivity index (χ1v) is 9.60. The lowest BCUT2D eigenvalue weighted by molar-refractivity contribution is 0.474. The quantitative estimate of drug-likeness (QED) is 0.601. The minimum atomic E-state index is -2.78. The molecule has 0 amide bonds. The van der Waals surface area contributed by atoms with Crippen molar-refractivity contribution in [2.75, 3.05) is 31.1 Å². The van der Waals surface area contributed by atoms with Gasteiger partial charge in [0, 0.05) is 12.6 Å². The van der Waals surface area contributed by atoms with E-state index in [9.17, 15) is 8.42 Å². The predicted molar refractivity (Wildman–Crippen MR) is 81.3 cm³/mol. The van der Waals surface area contributed by atoms with E-state index in [4.69, 9.17) is 0 Å². The van der Waals surface area contributed by atoms with Crippen LogP contribution in [0, 0.1) is 0 Å². The third-order valence-electron chi connectivity index (χ3n) is 3.68. The molecule has 114 valence electrons. The highest BCUT2D eigenvalue weighted by Gasteiger charge is 2.23. The van der Waals surface area contributed by atoms with Crippen LogP contribution in [0.1, 0.15) is 51.9 Å². The second-order valence-corrected chi connectivity index (χ2v) is 7.80. The van der Waals surface area contributed by atoms with Gasteiger partial charge in [-0.15, -0.1) is 0 Å². The van der Waals surface area contributed by atoms with E-state index in [1.165, 1.54) is 38.5 Å². The summed E-state index contributed by atoms with van der Waals surface area (Å²) in [6.45, 7) is 4.83. The number of hydrogen-bond acceptors (Lipinski definition) is 4. The molecule has 0 saturated carbocycles. The second kappa shape index (κ2) is 9.72. The van der Waals surface area contributed by atoms with Gasteiger partial charge in [-0.3, -0.25) is 0 Å². The van der Waals surface area contributed by atoms with E-state index in [1.807, 2.05) is 0 Å². The minimum Gasteiger partial charge on any atom is -0.317 e. The van der Waals surface area contributed by atoms with Crippen LogP contribution in [-0.4, -0.2) is 45.6 Å². The van der Waals surface area contributed by atoms with Gasteiger partial charge in [0.1, 0.15) is 0 Å². The Bertz CT molecular complexity index is 317. The van der Waals surface area contributed by atoms with Crippen LogP contribution < -0.4 is 10.6 Å². The lowest BCUT2D eigenvalue weighted by Crippen LogP contribution is -2.46. The highest BCUT2D eigenvalue weighted by molar-refractivity contribution is 7.91. The molecule has 19 heavy (non-hydrogen) atoms. The molecule has 0 aromatic rings. The van der Waals surface area contributed by atoms with Crippen LogP contribution >= 0.6 is 0 Å². The van der Waals surface area contributed by atoms with Crippen molar-refractivity contribution in [3.05, 3.63) is 0 Å². The van der Waals surface area contributed by atoms with Crippen molar-refractivity contribution < 1.29 is 8.42 Å². The molecule has 0 aromatic heterocycles. The first kappa shape index (κ1) is 16.9. The van der Waals surface area contributed by atoms with Crippen LogP contribution in [0.5, 0.6) is 0 Å². The van der Waals surface area contributed by atoms with Gasteiger partial charge in [-0.05, 0) is 25.9 Å². The number of nitrogens with one attached hydrogen (secondary N) is 2. The third kappa shape index (κ3) is 8.60. The summed E-state index contributed by atoms with van der Waals surface area (Å²) in [5.74, 6) is 0.611. The first-order chi connectivity index (χ1) is 9.14. The maximum absolute atomic E-state index is 11.5. The molecule has 1 aliphatic rings. The number of sulfone groups is 1. The molecular weight excluding hydrogens is 260 g/mol. The SMILES string of the molecule is CCCCCCCCNCCC1CS(=O)(=O)CCN1. The third-order valence-corrected chi connectivity index (χ3v) is 5.41. The zero-order chi connectivity index (χ0) is 14.0. The van der Waals surface area contributed by atoms with Crippen molar-refractivity contribution in [2.45, 2.75) is 57.9 Å². The highest BCUT2D eigenvalue weighted by Crippen LogP contribution is 2.05. The fourth-order valence-corrected chi connectivity index (χ4v) is 3.98. The zero-order valence-electron chi connectivity index (χ0n) is 12.3. The molecule has 2 N–H and O–H groups in total. The molecule has 5 heteroatoms. The monoisotopic (exact) mass is 290 g/mol. The molecule has 0 aromatic carbocycles. The molecule has 1 unspecified atom stereocenters. The van der Waals surface area contributed by atoms with Crippen LogP contribution in [0.2, 0.25) is 0 Å². The van der Waals surface area contributed by atoms with Gasteiger partial charge in [0.05, 0.1) is 11.5 Å². The van der Waals surface area contributed by atoms with E-state index < -0.39 is 9.84 Å². The molecule has 0 aliphatic carbocycles. The topological polar surface area (TPSA) is 58.2 Å². The summed E-state index contributed by atoms with van der Waals surface area (Å²) in [5.41, 5.74) is 0. The van der Waals surface area contributed by atoms with Crippen LogP contribution in [0.4, 0.5) is 0 Å². The van der Waals surface area contributed by atoms with Crippen LogP contribution in [0.15, 0.2) is 0 Å². The minimum absolute atomic E-state index is 0.149. The summed E-state index contributed by atoms with van der Waals surface area (Å²) in [4.78, 5) is 0. The fourth-order valence-electron chi connectivity index (χ4n) is 2.48. The molecule has 0 radical (unpaired) electrons. The molecule has 1 saturated heterocycles. The average molecular weight is 290 g/mol. The number of rotatable bonds is 10. The summed E-state index contributed by atoms with van der Waals surface area (Å²) >= 11 is 0. The molecule has 1 atom stereocenters. The van der Waals surface area contributed by atoms with Crippen molar-refractivity contribution in [1.29, 1.82) is 0 Å². The van der Waals surface area contributed by atoms with Gasteiger partial charge >= 0.3 is 0 Å². The smallest absolute Gasteiger partial charge is 0.153 e. The van der Waals surface area contributed by atoms with Gasteiger partial charge in [0.25, 0.3) is 0 Å². The van der Waals surface area contributed by atoms with E-state index in [-0.39, 0.29) is 6.04 Å². The normalized spacial score (nSPS) is 22.5. The largest absolute Gasteiger partial charge is 0.317 e. The summed E-state index contributed by atoms with van der Waals surface area (Å²) in [5, 5.41) is 6.70. The van der Waals surface area contributed by atoms with Gasteiger partial charge in [-0.25, -0.2) is 8.42 Å². The molecule has 0 bridgehead atoms. The molecule has 1 aliphatic heterocycles. The molecule has 4 nitrogen and oxygen atoms in total. The van der Waals surface area contributed by atoms with Crippen LogP contribution in [0.3, 0.4) is 0 Å². The summed E-state index contributed by atoms with van der Waals surface area (Å²) in [6, 6.07) is 0.149. The Morgan fingerprint density at radius 1 is 1.11 bits per heavy atom. The first-order valence-electron chi connectivity index (χ1n) is 7.78. The Morgan fingerprint density at radius 2 is 1.84 bits per heavy atom. The van der Waals surface area contributed by atoms with Crippen molar-refractivity contribution in [2.24, 2.45) is 0 Å². The maximum Gasteiger partial charge on any atom is 0.153 e. The Balaban J connectivity index is 1.91. The Morgan fingerprint density at radius 3 is 2.58 bits per heavy atom. The molecular formula is C14H30N2O2S. The zero-order valence-corrected chi connectivity index (χ0v) is 13.1. The van der Waals surface area contributed by atoms with Crippen molar-refractivity contribution in [3.63, 3.8) is 0 Å². The van der Waals surface area contributed by atoms with Crippen LogP contribution in [0.25, 0.3) is 0 Å². The fraction of sp³-hybridized carbons (Fsp3) is 1.00. The van der Waals surface area contributed by atoms with Gasteiger partial charge in [0.15, 0.2) is 9.84 Å². The van der Waals surface area contributed by atoms with Crippen molar-refractivity contribution >= 4 is 9.84 Å². The van der Waals surface area contributed by atoms with Crippen LogP contribution in [-0.2, 0) is 9.84 Å². The number of unbranched alkanes of at least 4 members (excludes halogenated alkanes) is 5. The molecule has 1 rings (SSSR count). The summed E-state index contributed by atoms with van der Waals surface area (Å²) in [6.07, 6.45) is 8.82. The van der Waals surface area contributed by atoms with Gasteiger partial charge in [-0.1, -0.05) is 39.0 Å². The van der Waals surface area contributed by atoms with Gasteiger partial charge in [0.2, 0.25) is 0 Å². The van der Waals surface area contributed by atoms with E-state index in [2.05, 4.69) is 17.6 Å². The Hall–Kier alpha value is -0.130.